The van der Waals surface area contributed by atoms with Crippen LogP contribution >= 0.6 is 0 Å². The van der Waals surface area contributed by atoms with Gasteiger partial charge in [0.1, 0.15) is 0 Å². The summed E-state index contributed by atoms with van der Waals surface area (Å²) in [7, 11) is 0. The SMILES string of the molecule is CC.CC(C)n1cncc1F. The molecule has 0 aromatic carbocycles. The average Bonchev–Trinajstić information content (AvgIpc) is 2.39. The minimum Gasteiger partial charge on any atom is -0.305 e. The van der Waals surface area contributed by atoms with Crippen LogP contribution in [0.5, 0.6) is 0 Å². The van der Waals surface area contributed by atoms with Crippen LogP contribution in [0.2, 0.25) is 0 Å². The fourth-order valence-electron chi connectivity index (χ4n) is 0.668. The van der Waals surface area contributed by atoms with Crippen LogP contribution in [-0.4, -0.2) is 9.55 Å². The lowest BCUT2D eigenvalue weighted by molar-refractivity contribution is 0.457. The summed E-state index contributed by atoms with van der Waals surface area (Å²) in [6.07, 6.45) is 2.69. The Balaban J connectivity index is 0.000000461. The van der Waals surface area contributed by atoms with E-state index in [9.17, 15) is 4.39 Å². The topological polar surface area (TPSA) is 17.8 Å². The zero-order valence-electron chi connectivity index (χ0n) is 7.50. The van der Waals surface area contributed by atoms with E-state index in [4.69, 9.17) is 0 Å². The summed E-state index contributed by atoms with van der Waals surface area (Å²) in [6.45, 7) is 7.82. The van der Waals surface area contributed by atoms with Crippen molar-refractivity contribution in [1.82, 2.24) is 9.55 Å². The predicted molar refractivity (Wildman–Crippen MR) is 43.9 cm³/mol. The van der Waals surface area contributed by atoms with E-state index >= 15 is 0 Å². The van der Waals surface area contributed by atoms with Gasteiger partial charge in [-0.2, -0.15) is 4.39 Å². The predicted octanol–water partition coefficient (Wildman–Crippen LogP) is 2.63. The molecule has 0 saturated carbocycles. The lowest BCUT2D eigenvalue weighted by atomic mass is 10.4. The smallest absolute Gasteiger partial charge is 0.213 e. The van der Waals surface area contributed by atoms with E-state index < -0.39 is 0 Å². The first-order chi connectivity index (χ1) is 5.22. The summed E-state index contributed by atoms with van der Waals surface area (Å²) in [5.41, 5.74) is 0. The van der Waals surface area contributed by atoms with Gasteiger partial charge in [-0.25, -0.2) is 4.98 Å². The third-order valence-corrected chi connectivity index (χ3v) is 1.18. The average molecular weight is 158 g/mol. The van der Waals surface area contributed by atoms with Gasteiger partial charge in [0, 0.05) is 6.04 Å². The molecule has 0 unspecified atom stereocenters. The molecule has 0 N–H and O–H groups in total. The van der Waals surface area contributed by atoms with Crippen LogP contribution in [0.15, 0.2) is 12.5 Å². The molecule has 0 aliphatic rings. The van der Waals surface area contributed by atoms with E-state index in [0.29, 0.717) is 0 Å². The summed E-state index contributed by atoms with van der Waals surface area (Å²) in [4.78, 5) is 3.63. The van der Waals surface area contributed by atoms with Gasteiger partial charge in [0.25, 0.3) is 0 Å². The Labute approximate surface area is 67.1 Å². The van der Waals surface area contributed by atoms with Crippen LogP contribution in [0.4, 0.5) is 4.39 Å². The molecule has 11 heavy (non-hydrogen) atoms. The van der Waals surface area contributed by atoms with Gasteiger partial charge >= 0.3 is 0 Å². The highest BCUT2D eigenvalue weighted by Gasteiger charge is 2.01. The first-order valence-corrected chi connectivity index (χ1v) is 3.89. The Kier molecular flexibility index (Phi) is 4.50. The van der Waals surface area contributed by atoms with Crippen molar-refractivity contribution in [3.05, 3.63) is 18.5 Å². The number of imidazole rings is 1. The third-order valence-electron chi connectivity index (χ3n) is 1.18. The maximum absolute atomic E-state index is 12.5. The summed E-state index contributed by atoms with van der Waals surface area (Å²) >= 11 is 0. The fraction of sp³-hybridized carbons (Fsp3) is 0.625. The van der Waals surface area contributed by atoms with Crippen molar-refractivity contribution in [3.8, 4) is 0 Å². The van der Waals surface area contributed by atoms with Gasteiger partial charge in [-0.05, 0) is 13.8 Å². The molecule has 0 spiro atoms. The molecule has 1 rings (SSSR count). The lowest BCUT2D eigenvalue weighted by Gasteiger charge is -2.04. The highest BCUT2D eigenvalue weighted by Crippen LogP contribution is 2.05. The number of nitrogens with zero attached hydrogens (tertiary/aromatic N) is 2. The van der Waals surface area contributed by atoms with E-state index in [2.05, 4.69) is 4.98 Å². The van der Waals surface area contributed by atoms with Gasteiger partial charge in [-0.1, -0.05) is 13.8 Å². The van der Waals surface area contributed by atoms with Crippen molar-refractivity contribution < 1.29 is 4.39 Å². The molecule has 0 saturated heterocycles. The molecular formula is C8H15FN2. The molecule has 0 radical (unpaired) electrons. The highest BCUT2D eigenvalue weighted by molar-refractivity contribution is 4.81. The van der Waals surface area contributed by atoms with Crippen molar-refractivity contribution in [2.24, 2.45) is 0 Å². The van der Waals surface area contributed by atoms with Crippen LogP contribution in [0.1, 0.15) is 33.7 Å². The molecular weight excluding hydrogens is 143 g/mol. The molecule has 0 bridgehead atoms. The Hall–Kier alpha value is -0.860. The molecule has 0 atom stereocenters. The van der Waals surface area contributed by atoms with Crippen LogP contribution in [0.3, 0.4) is 0 Å². The third kappa shape index (κ3) is 2.70. The number of rotatable bonds is 1. The molecule has 0 aliphatic heterocycles. The first-order valence-electron chi connectivity index (χ1n) is 3.89. The second kappa shape index (κ2) is 4.88. The van der Waals surface area contributed by atoms with Gasteiger partial charge in [-0.15, -0.1) is 0 Å². The summed E-state index contributed by atoms with van der Waals surface area (Å²) < 4.78 is 14.0. The van der Waals surface area contributed by atoms with Gasteiger partial charge in [0.05, 0.1) is 12.5 Å². The quantitative estimate of drug-likeness (QED) is 0.614. The van der Waals surface area contributed by atoms with Gasteiger partial charge in [0.15, 0.2) is 0 Å². The molecule has 2 nitrogen and oxygen atoms in total. The standard InChI is InChI=1S/C6H9FN2.C2H6/c1-5(2)9-4-8-3-6(9)7;1-2/h3-5H,1-2H3;1-2H3. The minimum atomic E-state index is -0.273. The van der Waals surface area contributed by atoms with E-state index in [-0.39, 0.29) is 12.0 Å². The van der Waals surface area contributed by atoms with Crippen molar-refractivity contribution in [2.45, 2.75) is 33.7 Å². The molecule has 3 heteroatoms. The summed E-state index contributed by atoms with van der Waals surface area (Å²) in [6, 6.07) is 0.160. The van der Waals surface area contributed by atoms with Gasteiger partial charge < -0.3 is 4.57 Å². The molecule has 1 heterocycles. The fourth-order valence-corrected chi connectivity index (χ4v) is 0.668. The maximum atomic E-state index is 12.5. The number of halogens is 1. The van der Waals surface area contributed by atoms with Crippen LogP contribution < -0.4 is 0 Å². The Bertz CT molecular complexity index is 194. The first kappa shape index (κ1) is 10.1. The molecule has 1 aromatic heterocycles. The highest BCUT2D eigenvalue weighted by atomic mass is 19.1. The molecule has 0 fully saturated rings. The second-order valence-corrected chi connectivity index (χ2v) is 2.22. The van der Waals surface area contributed by atoms with Gasteiger partial charge in [-0.3, -0.25) is 0 Å². The Morgan fingerprint density at radius 3 is 2.18 bits per heavy atom. The van der Waals surface area contributed by atoms with Crippen molar-refractivity contribution in [3.63, 3.8) is 0 Å². The van der Waals surface area contributed by atoms with Crippen LogP contribution in [0, 0.1) is 5.95 Å². The van der Waals surface area contributed by atoms with E-state index in [1.807, 2.05) is 27.7 Å². The lowest BCUT2D eigenvalue weighted by Crippen LogP contribution is -2.00. The normalized spacial score (nSPS) is 9.27. The largest absolute Gasteiger partial charge is 0.305 e. The summed E-state index contributed by atoms with van der Waals surface area (Å²) in [5, 5.41) is 0. The van der Waals surface area contributed by atoms with Crippen molar-refractivity contribution in [2.75, 3.05) is 0 Å². The van der Waals surface area contributed by atoms with Crippen molar-refractivity contribution in [1.29, 1.82) is 0 Å². The van der Waals surface area contributed by atoms with Gasteiger partial charge in [0.2, 0.25) is 5.95 Å². The van der Waals surface area contributed by atoms with E-state index in [1.54, 1.807) is 0 Å². The monoisotopic (exact) mass is 158 g/mol. The number of hydrogen-bond donors (Lipinski definition) is 0. The zero-order chi connectivity index (χ0) is 8.85. The second-order valence-electron chi connectivity index (χ2n) is 2.22. The van der Waals surface area contributed by atoms with E-state index in [1.165, 1.54) is 17.1 Å². The van der Waals surface area contributed by atoms with Crippen molar-refractivity contribution >= 4 is 0 Å². The molecule has 1 aromatic rings. The number of aromatic nitrogens is 2. The zero-order valence-corrected chi connectivity index (χ0v) is 7.50. The van der Waals surface area contributed by atoms with Crippen LogP contribution in [-0.2, 0) is 0 Å². The molecule has 64 valence electrons. The number of hydrogen-bond acceptors (Lipinski definition) is 1. The maximum Gasteiger partial charge on any atom is 0.213 e. The van der Waals surface area contributed by atoms with Crippen LogP contribution in [0.25, 0.3) is 0 Å². The Morgan fingerprint density at radius 1 is 1.45 bits per heavy atom. The Morgan fingerprint density at radius 2 is 2.00 bits per heavy atom. The molecule has 0 amide bonds. The van der Waals surface area contributed by atoms with E-state index in [0.717, 1.165) is 0 Å². The minimum absolute atomic E-state index is 0.160. The summed E-state index contributed by atoms with van der Waals surface area (Å²) in [5.74, 6) is -0.273. The molecule has 0 aliphatic carbocycles.